The van der Waals surface area contributed by atoms with E-state index in [1.807, 2.05) is 12.1 Å². The lowest BCUT2D eigenvalue weighted by Crippen LogP contribution is -1.98. The quantitative estimate of drug-likeness (QED) is 0.202. The first-order chi connectivity index (χ1) is 23.3. The molecule has 11 rings (SSSR count). The Balaban J connectivity index is 1.27. The van der Waals surface area contributed by atoms with Crippen molar-refractivity contribution in [3.8, 4) is 17.1 Å². The number of aromatic nitrogens is 7. The highest BCUT2D eigenvalue weighted by Crippen LogP contribution is 2.37. The Morgan fingerprint density at radius 1 is 0.362 bits per heavy atom. The fourth-order valence-corrected chi connectivity index (χ4v) is 7.56. The number of hydrogen-bond donors (Lipinski definition) is 0. The van der Waals surface area contributed by atoms with Crippen LogP contribution in [0.15, 0.2) is 152 Å². The average molecular weight is 604 g/mol. The summed E-state index contributed by atoms with van der Waals surface area (Å²) in [7, 11) is 0. The van der Waals surface area contributed by atoms with Crippen molar-refractivity contribution in [3.05, 3.63) is 152 Å². The molecule has 0 aliphatic carbocycles. The molecule has 0 bridgehead atoms. The molecule has 0 fully saturated rings. The number of para-hydroxylation sites is 7. The zero-order chi connectivity index (χ0) is 30.6. The monoisotopic (exact) mass is 603 g/mol. The normalized spacial score (nSPS) is 12.3. The van der Waals surface area contributed by atoms with Gasteiger partial charge in [0.15, 0.2) is 5.65 Å². The van der Waals surface area contributed by atoms with E-state index < -0.39 is 0 Å². The molecule has 0 spiro atoms. The summed E-state index contributed by atoms with van der Waals surface area (Å²) < 4.78 is 11.4. The predicted molar refractivity (Wildman–Crippen MR) is 189 cm³/mol. The first kappa shape index (κ1) is 24.7. The number of benzene rings is 6. The Morgan fingerprint density at radius 2 is 0.936 bits per heavy atom. The fourth-order valence-electron chi connectivity index (χ4n) is 7.56. The number of rotatable bonds is 3. The molecule has 0 aliphatic rings. The summed E-state index contributed by atoms with van der Waals surface area (Å²) >= 11 is 0. The Kier molecular flexibility index (Phi) is 4.72. The van der Waals surface area contributed by atoms with Crippen LogP contribution in [0, 0.1) is 0 Å². The maximum absolute atomic E-state index is 5.44. The molecule has 0 amide bonds. The molecular weight excluding hydrogens is 578 g/mol. The van der Waals surface area contributed by atoms with Crippen molar-refractivity contribution < 1.29 is 0 Å². The summed E-state index contributed by atoms with van der Waals surface area (Å²) in [6, 6.07) is 53.3. The van der Waals surface area contributed by atoms with Gasteiger partial charge in [-0.25, -0.2) is 4.98 Å². The summed E-state index contributed by atoms with van der Waals surface area (Å²) in [5.74, 6) is 1.77. The average Bonchev–Trinajstić information content (AvgIpc) is 3.90. The first-order valence-corrected chi connectivity index (χ1v) is 15.8. The smallest absolute Gasteiger partial charge is 0.222 e. The molecule has 6 aromatic carbocycles. The third kappa shape index (κ3) is 3.19. The summed E-state index contributed by atoms with van der Waals surface area (Å²) in [4.78, 5) is 10.6. The Hall–Kier alpha value is -6.60. The van der Waals surface area contributed by atoms with Gasteiger partial charge in [0.1, 0.15) is 5.52 Å². The standard InChI is InChI=1S/C40H25N7/c1-3-13-26(14-4-1)43-31-19-9-7-17-29(31)37-38(43)42-40-45(33-21-11-12-22-34(33)47(37)40)28-23-24-35-36(25-28)46-32-20-10-8-18-30(32)41-39(46)44(35)27-15-5-2-6-16-27/h1-25H. The summed E-state index contributed by atoms with van der Waals surface area (Å²) in [6.45, 7) is 0. The van der Waals surface area contributed by atoms with Crippen molar-refractivity contribution in [2.45, 2.75) is 0 Å². The van der Waals surface area contributed by atoms with Crippen LogP contribution >= 0.6 is 0 Å². The van der Waals surface area contributed by atoms with Gasteiger partial charge in [-0.1, -0.05) is 78.9 Å². The van der Waals surface area contributed by atoms with Crippen LogP contribution in [0.5, 0.6) is 0 Å². The number of imidazole rings is 4. The van der Waals surface area contributed by atoms with Gasteiger partial charge in [-0.3, -0.25) is 22.5 Å². The summed E-state index contributed by atoms with van der Waals surface area (Å²) in [5, 5.41) is 1.17. The second-order valence-corrected chi connectivity index (χ2v) is 12.0. The van der Waals surface area contributed by atoms with Crippen LogP contribution in [0.4, 0.5) is 0 Å². The van der Waals surface area contributed by atoms with Gasteiger partial charge >= 0.3 is 0 Å². The fraction of sp³-hybridized carbons (Fsp3) is 0. The van der Waals surface area contributed by atoms with Crippen molar-refractivity contribution >= 4 is 66.7 Å². The molecule has 11 aromatic rings. The van der Waals surface area contributed by atoms with Gasteiger partial charge in [0.05, 0.1) is 44.3 Å². The lowest BCUT2D eigenvalue weighted by molar-refractivity contribution is 1.09. The molecule has 0 N–H and O–H groups in total. The second kappa shape index (κ2) is 8.99. The molecule has 0 radical (unpaired) electrons. The lowest BCUT2D eigenvalue weighted by atomic mass is 10.2. The van der Waals surface area contributed by atoms with Crippen LogP contribution in [0.25, 0.3) is 83.8 Å². The zero-order valence-electron chi connectivity index (χ0n) is 25.1. The number of nitrogens with zero attached hydrogens (tertiary/aromatic N) is 7. The van der Waals surface area contributed by atoms with Crippen LogP contribution < -0.4 is 0 Å². The van der Waals surface area contributed by atoms with Crippen LogP contribution in [-0.4, -0.2) is 32.5 Å². The molecule has 220 valence electrons. The van der Waals surface area contributed by atoms with Gasteiger partial charge in [0.25, 0.3) is 0 Å². The Bertz CT molecular complexity index is 3010. The molecule has 7 heteroatoms. The predicted octanol–water partition coefficient (Wildman–Crippen LogP) is 9.12. The van der Waals surface area contributed by atoms with Gasteiger partial charge in [-0.05, 0) is 72.8 Å². The van der Waals surface area contributed by atoms with Gasteiger partial charge < -0.3 is 0 Å². The topological polar surface area (TPSA) is 49.4 Å². The van der Waals surface area contributed by atoms with Gasteiger partial charge in [0, 0.05) is 16.8 Å². The Labute approximate surface area is 267 Å². The SMILES string of the molecule is c1ccc(-n2c3ccccc3c3c2nc2n(-c4ccc5c(c4)n4c6ccccc6nc4n5-c4ccccc4)c4ccccc4n32)cc1. The zero-order valence-corrected chi connectivity index (χ0v) is 25.1. The van der Waals surface area contributed by atoms with Gasteiger partial charge in [-0.2, -0.15) is 4.98 Å². The van der Waals surface area contributed by atoms with Crippen LogP contribution in [0.1, 0.15) is 0 Å². The van der Waals surface area contributed by atoms with E-state index in [0.29, 0.717) is 0 Å². The van der Waals surface area contributed by atoms with E-state index in [9.17, 15) is 0 Å². The molecule has 47 heavy (non-hydrogen) atoms. The molecule has 0 aliphatic heterocycles. The highest BCUT2D eigenvalue weighted by Gasteiger charge is 2.24. The molecule has 5 heterocycles. The lowest BCUT2D eigenvalue weighted by Gasteiger charge is -2.08. The third-order valence-electron chi connectivity index (χ3n) is 9.49. The highest BCUT2D eigenvalue weighted by molar-refractivity contribution is 6.09. The first-order valence-electron chi connectivity index (χ1n) is 15.8. The molecule has 7 nitrogen and oxygen atoms in total. The van der Waals surface area contributed by atoms with Gasteiger partial charge in [0.2, 0.25) is 11.6 Å². The maximum Gasteiger partial charge on any atom is 0.222 e. The molecule has 5 aromatic heterocycles. The van der Waals surface area contributed by atoms with E-state index in [1.54, 1.807) is 0 Å². The van der Waals surface area contributed by atoms with Crippen molar-refractivity contribution in [2.24, 2.45) is 0 Å². The van der Waals surface area contributed by atoms with Crippen molar-refractivity contribution in [3.63, 3.8) is 0 Å². The van der Waals surface area contributed by atoms with E-state index in [0.717, 1.165) is 78.4 Å². The van der Waals surface area contributed by atoms with E-state index >= 15 is 0 Å². The highest BCUT2D eigenvalue weighted by atomic mass is 15.3. The molecule has 0 unspecified atom stereocenters. The largest absolute Gasteiger partial charge is 0.292 e. The molecular formula is C40H25N7. The van der Waals surface area contributed by atoms with Crippen LogP contribution in [0.3, 0.4) is 0 Å². The van der Waals surface area contributed by atoms with E-state index in [-0.39, 0.29) is 0 Å². The molecule has 0 atom stereocenters. The van der Waals surface area contributed by atoms with E-state index in [2.05, 4.69) is 162 Å². The van der Waals surface area contributed by atoms with Gasteiger partial charge in [-0.15, -0.1) is 0 Å². The van der Waals surface area contributed by atoms with Crippen molar-refractivity contribution in [2.75, 3.05) is 0 Å². The number of hydrogen-bond acceptors (Lipinski definition) is 2. The Morgan fingerprint density at radius 3 is 1.72 bits per heavy atom. The number of fused-ring (bicyclic) bond motifs is 12. The van der Waals surface area contributed by atoms with Crippen molar-refractivity contribution in [1.82, 2.24) is 32.5 Å². The van der Waals surface area contributed by atoms with Crippen molar-refractivity contribution in [1.29, 1.82) is 0 Å². The maximum atomic E-state index is 5.44. The van der Waals surface area contributed by atoms with E-state index in [1.165, 1.54) is 5.39 Å². The third-order valence-corrected chi connectivity index (χ3v) is 9.49. The minimum Gasteiger partial charge on any atom is -0.292 e. The minimum absolute atomic E-state index is 0.875. The molecule has 0 saturated carbocycles. The van der Waals surface area contributed by atoms with E-state index in [4.69, 9.17) is 9.97 Å². The summed E-state index contributed by atoms with van der Waals surface area (Å²) in [6.07, 6.45) is 0. The molecule has 0 saturated heterocycles. The van der Waals surface area contributed by atoms with Crippen LogP contribution in [-0.2, 0) is 0 Å². The van der Waals surface area contributed by atoms with Crippen LogP contribution in [0.2, 0.25) is 0 Å². The summed E-state index contributed by atoms with van der Waals surface area (Å²) in [5.41, 5.74) is 12.8. The second-order valence-electron chi connectivity index (χ2n) is 12.0. The minimum atomic E-state index is 0.875.